The molecule has 0 bridgehead atoms. The smallest absolute Gasteiger partial charge is 0.416 e. The fourth-order valence-electron chi connectivity index (χ4n) is 3.36. The van der Waals surface area contributed by atoms with E-state index in [9.17, 15) is 18.0 Å². The van der Waals surface area contributed by atoms with Crippen molar-refractivity contribution < 1.29 is 27.4 Å². The molecule has 168 valence electrons. The zero-order valence-electron chi connectivity index (χ0n) is 17.7. The molecule has 0 unspecified atom stereocenters. The number of amides is 1. The molecule has 0 spiro atoms. The Morgan fingerprint density at radius 3 is 2.45 bits per heavy atom. The minimum absolute atomic E-state index is 0.109. The lowest BCUT2D eigenvalue weighted by Crippen LogP contribution is -2.37. The first-order valence-electron chi connectivity index (χ1n) is 10.3. The van der Waals surface area contributed by atoms with Crippen LogP contribution in [0.1, 0.15) is 37.3 Å². The van der Waals surface area contributed by atoms with Gasteiger partial charge in [0.25, 0.3) is 5.91 Å². The Morgan fingerprint density at radius 1 is 1.16 bits per heavy atom. The quantitative estimate of drug-likeness (QED) is 0.658. The summed E-state index contributed by atoms with van der Waals surface area (Å²) in [6.07, 6.45) is -3.48. The van der Waals surface area contributed by atoms with Crippen molar-refractivity contribution in [2.75, 3.05) is 43.1 Å². The van der Waals surface area contributed by atoms with E-state index in [0.717, 1.165) is 18.6 Å². The summed E-state index contributed by atoms with van der Waals surface area (Å²) in [6, 6.07) is 10.9. The first kappa shape index (κ1) is 22.9. The summed E-state index contributed by atoms with van der Waals surface area (Å²) in [6.45, 7) is 5.96. The molecule has 2 aromatic carbocycles. The third kappa shape index (κ3) is 6.13. The van der Waals surface area contributed by atoms with Crippen LogP contribution in [0.4, 0.5) is 24.5 Å². The third-order valence-corrected chi connectivity index (χ3v) is 5.38. The van der Waals surface area contributed by atoms with Crippen molar-refractivity contribution in [3.05, 3.63) is 53.6 Å². The SMILES string of the molecule is CC[C@H](C)c1ccc(OCC(=O)Nc2cc(C(F)(F)F)ccc2N2CCOCC2)cc1. The Kier molecular flexibility index (Phi) is 7.43. The van der Waals surface area contributed by atoms with Crippen LogP contribution < -0.4 is 15.0 Å². The molecule has 1 aliphatic heterocycles. The molecule has 0 aromatic heterocycles. The van der Waals surface area contributed by atoms with Crippen LogP contribution in [0.15, 0.2) is 42.5 Å². The zero-order chi connectivity index (χ0) is 22.4. The number of anilines is 2. The molecule has 1 aliphatic rings. The van der Waals surface area contributed by atoms with Gasteiger partial charge in [0.15, 0.2) is 6.61 Å². The first-order chi connectivity index (χ1) is 14.8. The van der Waals surface area contributed by atoms with Gasteiger partial charge in [-0.25, -0.2) is 0 Å². The second kappa shape index (κ2) is 10.0. The summed E-state index contributed by atoms with van der Waals surface area (Å²) in [5.41, 5.74) is 1.000. The summed E-state index contributed by atoms with van der Waals surface area (Å²) in [4.78, 5) is 14.3. The summed E-state index contributed by atoms with van der Waals surface area (Å²) < 4.78 is 50.4. The molecule has 0 saturated carbocycles. The maximum Gasteiger partial charge on any atom is 0.416 e. The van der Waals surface area contributed by atoms with Gasteiger partial charge in [0, 0.05) is 13.1 Å². The van der Waals surface area contributed by atoms with Crippen LogP contribution in [0.3, 0.4) is 0 Å². The van der Waals surface area contributed by atoms with Gasteiger partial charge < -0.3 is 19.7 Å². The highest BCUT2D eigenvalue weighted by molar-refractivity contribution is 5.95. The Bertz CT molecular complexity index is 879. The van der Waals surface area contributed by atoms with Gasteiger partial charge in [0.1, 0.15) is 5.75 Å². The minimum Gasteiger partial charge on any atom is -0.484 e. The molecule has 1 saturated heterocycles. The molecule has 31 heavy (non-hydrogen) atoms. The summed E-state index contributed by atoms with van der Waals surface area (Å²) >= 11 is 0. The number of hydrogen-bond acceptors (Lipinski definition) is 4. The Balaban J connectivity index is 1.70. The molecular weight excluding hydrogens is 409 g/mol. The maximum absolute atomic E-state index is 13.2. The molecule has 1 heterocycles. The van der Waals surface area contributed by atoms with E-state index in [1.54, 1.807) is 12.1 Å². The number of ether oxygens (including phenoxy) is 2. The number of carbonyl (C=O) groups is 1. The molecule has 3 rings (SSSR count). The number of morpholine rings is 1. The van der Waals surface area contributed by atoms with Crippen molar-refractivity contribution in [1.82, 2.24) is 0 Å². The van der Waals surface area contributed by atoms with Crippen molar-refractivity contribution in [1.29, 1.82) is 0 Å². The van der Waals surface area contributed by atoms with E-state index in [1.165, 1.54) is 11.6 Å². The number of carbonyl (C=O) groups excluding carboxylic acids is 1. The van der Waals surface area contributed by atoms with Crippen LogP contribution >= 0.6 is 0 Å². The van der Waals surface area contributed by atoms with Gasteiger partial charge >= 0.3 is 6.18 Å². The summed E-state index contributed by atoms with van der Waals surface area (Å²) in [5, 5.41) is 2.58. The van der Waals surface area contributed by atoms with Crippen molar-refractivity contribution in [3.8, 4) is 5.75 Å². The normalized spacial score (nSPS) is 15.5. The van der Waals surface area contributed by atoms with E-state index in [1.807, 2.05) is 17.0 Å². The van der Waals surface area contributed by atoms with Crippen LogP contribution in [-0.4, -0.2) is 38.8 Å². The largest absolute Gasteiger partial charge is 0.484 e. The average molecular weight is 436 g/mol. The van der Waals surface area contributed by atoms with Gasteiger partial charge in [0.05, 0.1) is 30.2 Å². The number of alkyl halides is 3. The van der Waals surface area contributed by atoms with E-state index < -0.39 is 17.6 Å². The van der Waals surface area contributed by atoms with Crippen LogP contribution in [0.5, 0.6) is 5.75 Å². The van der Waals surface area contributed by atoms with E-state index in [-0.39, 0.29) is 12.3 Å². The van der Waals surface area contributed by atoms with Gasteiger partial charge in [-0.2, -0.15) is 13.2 Å². The van der Waals surface area contributed by atoms with Gasteiger partial charge in [-0.3, -0.25) is 4.79 Å². The van der Waals surface area contributed by atoms with Crippen LogP contribution in [0.2, 0.25) is 0 Å². The van der Waals surface area contributed by atoms with Crippen molar-refractivity contribution in [3.63, 3.8) is 0 Å². The fraction of sp³-hybridized carbons (Fsp3) is 0.435. The van der Waals surface area contributed by atoms with Gasteiger partial charge in [-0.1, -0.05) is 26.0 Å². The number of benzene rings is 2. The molecule has 1 fully saturated rings. The number of rotatable bonds is 7. The van der Waals surface area contributed by atoms with Crippen molar-refractivity contribution in [2.24, 2.45) is 0 Å². The lowest BCUT2D eigenvalue weighted by molar-refractivity contribution is -0.137. The van der Waals surface area contributed by atoms with E-state index >= 15 is 0 Å². The van der Waals surface area contributed by atoms with E-state index in [4.69, 9.17) is 9.47 Å². The van der Waals surface area contributed by atoms with Crippen molar-refractivity contribution >= 4 is 17.3 Å². The van der Waals surface area contributed by atoms with E-state index in [0.29, 0.717) is 43.7 Å². The zero-order valence-corrected chi connectivity index (χ0v) is 17.7. The molecule has 5 nitrogen and oxygen atoms in total. The lowest BCUT2D eigenvalue weighted by atomic mass is 9.99. The minimum atomic E-state index is -4.50. The molecule has 1 amide bonds. The Labute approximate surface area is 180 Å². The second-order valence-corrected chi connectivity index (χ2v) is 7.54. The highest BCUT2D eigenvalue weighted by Gasteiger charge is 2.32. The first-order valence-corrected chi connectivity index (χ1v) is 10.3. The molecule has 1 N–H and O–H groups in total. The highest BCUT2D eigenvalue weighted by Crippen LogP contribution is 2.35. The Hall–Kier alpha value is -2.74. The molecule has 1 atom stereocenters. The van der Waals surface area contributed by atoms with Gasteiger partial charge in [-0.05, 0) is 48.2 Å². The average Bonchev–Trinajstić information content (AvgIpc) is 2.77. The molecule has 8 heteroatoms. The summed E-state index contributed by atoms with van der Waals surface area (Å²) in [5.74, 6) is 0.427. The van der Waals surface area contributed by atoms with Crippen molar-refractivity contribution in [2.45, 2.75) is 32.4 Å². The topological polar surface area (TPSA) is 50.8 Å². The van der Waals surface area contributed by atoms with Crippen LogP contribution in [0.25, 0.3) is 0 Å². The molecule has 0 radical (unpaired) electrons. The molecule has 2 aromatic rings. The van der Waals surface area contributed by atoms with E-state index in [2.05, 4.69) is 19.2 Å². The Morgan fingerprint density at radius 2 is 1.84 bits per heavy atom. The second-order valence-electron chi connectivity index (χ2n) is 7.54. The summed E-state index contributed by atoms with van der Waals surface area (Å²) in [7, 11) is 0. The van der Waals surface area contributed by atoms with Gasteiger partial charge in [0.2, 0.25) is 0 Å². The number of nitrogens with one attached hydrogen (secondary N) is 1. The van der Waals surface area contributed by atoms with Gasteiger partial charge in [-0.15, -0.1) is 0 Å². The molecule has 0 aliphatic carbocycles. The predicted molar refractivity (Wildman–Crippen MR) is 114 cm³/mol. The standard InChI is InChI=1S/C23H27F3N2O3/c1-3-16(2)17-4-7-19(8-5-17)31-15-22(29)27-20-14-18(23(24,25)26)6-9-21(20)28-10-12-30-13-11-28/h4-9,14,16H,3,10-13,15H2,1-2H3,(H,27,29)/t16-/m0/s1. The van der Waals surface area contributed by atoms with Crippen LogP contribution in [-0.2, 0) is 15.7 Å². The van der Waals surface area contributed by atoms with Crippen LogP contribution in [0, 0.1) is 0 Å². The number of hydrogen-bond donors (Lipinski definition) is 1. The fourth-order valence-corrected chi connectivity index (χ4v) is 3.36. The predicted octanol–water partition coefficient (Wildman–Crippen LogP) is 5.07. The maximum atomic E-state index is 13.2. The third-order valence-electron chi connectivity index (χ3n) is 5.38. The molecular formula is C23H27F3N2O3. The lowest BCUT2D eigenvalue weighted by Gasteiger charge is -2.31. The number of halogens is 3. The monoisotopic (exact) mass is 436 g/mol. The number of nitrogens with zero attached hydrogens (tertiary/aromatic N) is 1. The highest BCUT2D eigenvalue weighted by atomic mass is 19.4.